The third-order valence-electron chi connectivity index (χ3n) is 1.80. The van der Waals surface area contributed by atoms with E-state index < -0.39 is 16.7 Å². The van der Waals surface area contributed by atoms with Crippen molar-refractivity contribution >= 4 is 0 Å². The molecule has 0 atom stereocenters. The first kappa shape index (κ1) is 11.3. The monoisotopic (exact) mass is 198 g/mol. The minimum atomic E-state index is -3.97. The molecule has 0 bridgehead atoms. The molecule has 5 heteroatoms. The summed E-state index contributed by atoms with van der Waals surface area (Å²) in [6.45, 7) is 3.56. The van der Waals surface area contributed by atoms with Crippen molar-refractivity contribution in [2.45, 2.75) is 4.73 Å². The molecule has 0 fully saturated rings. The van der Waals surface area contributed by atoms with E-state index in [1.807, 2.05) is 0 Å². The molecule has 67 valence electrons. The van der Waals surface area contributed by atoms with Crippen LogP contribution in [0.1, 0.15) is 0 Å². The van der Waals surface area contributed by atoms with Gasteiger partial charge < -0.3 is 0 Å². The van der Waals surface area contributed by atoms with E-state index >= 15 is 0 Å². The Labute approximate surface area is 69.9 Å². The molecular weight excluding hydrogens is 182 g/mol. The SMILES string of the molecule is C=C[CH2][Ti]([NH2])([O]C)([O]C)[O]C. The first-order chi connectivity index (χ1) is 5.04. The molecule has 0 saturated carbocycles. The summed E-state index contributed by atoms with van der Waals surface area (Å²) in [6, 6.07) is 0. The first-order valence-electron chi connectivity index (χ1n) is 3.30. The maximum atomic E-state index is 5.88. The number of hydrogen-bond acceptors (Lipinski definition) is 4. The van der Waals surface area contributed by atoms with Gasteiger partial charge in [-0.3, -0.25) is 0 Å². The maximum absolute atomic E-state index is 5.88. The Hall–Kier alpha value is 0.294. The third-order valence-corrected chi connectivity index (χ3v) is 7.42. The van der Waals surface area contributed by atoms with Crippen molar-refractivity contribution in [2.24, 2.45) is 4.22 Å². The van der Waals surface area contributed by atoms with E-state index in [0.717, 1.165) is 0 Å². The standard InChI is InChI=1S/C3H5.3CH3O.H2N.Ti/c1-3-2;3*1-2;;/h3H,1-2H2;3*1H3;1H2;/q;4*-1;+4. The van der Waals surface area contributed by atoms with Crippen LogP contribution in [0.3, 0.4) is 0 Å². The quantitative estimate of drug-likeness (QED) is 0.525. The molecule has 0 aliphatic carbocycles. The molecule has 4 nitrogen and oxygen atoms in total. The minimum absolute atomic E-state index is 0.445. The Bertz CT molecular complexity index is 136. The summed E-state index contributed by atoms with van der Waals surface area (Å²) >= 11 is -3.97. The zero-order valence-electron chi connectivity index (χ0n) is 7.29. The molecule has 0 unspecified atom stereocenters. The number of allylic oxidation sites excluding steroid dienone is 1. The second kappa shape index (κ2) is 3.80. The fourth-order valence-corrected chi connectivity index (χ4v) is 3.13. The normalized spacial score (nSPS) is 15.5. The molecule has 0 aromatic rings. The number of nitrogens with two attached hydrogens (primary N) is 1. The number of rotatable bonds is 5. The molecule has 0 aliphatic rings. The summed E-state index contributed by atoms with van der Waals surface area (Å²) in [4.78, 5) is 0. The third kappa shape index (κ3) is 2.37. The molecule has 0 spiro atoms. The molecule has 0 aromatic carbocycles. The molecule has 0 aromatic heterocycles. The summed E-state index contributed by atoms with van der Waals surface area (Å²) in [7, 11) is 4.48. The topological polar surface area (TPSA) is 53.7 Å². The Balaban J connectivity index is 4.57. The molecule has 0 radical (unpaired) electrons. The average Bonchev–Trinajstić information content (AvgIpc) is 2.06. The van der Waals surface area contributed by atoms with E-state index in [9.17, 15) is 0 Å². The molecule has 0 amide bonds. The predicted octanol–water partition coefficient (Wildman–Crippen LogP) is 0.838. The van der Waals surface area contributed by atoms with Gasteiger partial charge in [0.1, 0.15) is 0 Å². The second-order valence-electron chi connectivity index (χ2n) is 2.35. The Morgan fingerprint density at radius 1 is 1.27 bits per heavy atom. The Morgan fingerprint density at radius 3 is 1.73 bits per heavy atom. The van der Waals surface area contributed by atoms with Crippen LogP contribution in [0, 0.1) is 0 Å². The van der Waals surface area contributed by atoms with Gasteiger partial charge in [0.25, 0.3) is 0 Å². The Kier molecular flexibility index (Phi) is 3.90. The van der Waals surface area contributed by atoms with Gasteiger partial charge in [0.15, 0.2) is 0 Å². The molecule has 0 heterocycles. The van der Waals surface area contributed by atoms with E-state index in [1.54, 1.807) is 6.08 Å². The molecule has 11 heavy (non-hydrogen) atoms. The van der Waals surface area contributed by atoms with Crippen LogP contribution < -0.4 is 4.22 Å². The second-order valence-corrected chi connectivity index (χ2v) is 8.77. The van der Waals surface area contributed by atoms with E-state index in [2.05, 4.69) is 6.58 Å². The van der Waals surface area contributed by atoms with Crippen molar-refractivity contribution in [1.82, 2.24) is 0 Å². The number of hydrogen-bond donors (Lipinski definition) is 1. The molecular formula is C6H16NO3Ti. The van der Waals surface area contributed by atoms with Crippen molar-refractivity contribution in [1.29, 1.82) is 0 Å². The van der Waals surface area contributed by atoms with Gasteiger partial charge in [-0.15, -0.1) is 0 Å². The van der Waals surface area contributed by atoms with E-state index in [-0.39, 0.29) is 0 Å². The van der Waals surface area contributed by atoms with Gasteiger partial charge in [0.05, 0.1) is 0 Å². The van der Waals surface area contributed by atoms with Gasteiger partial charge in [-0.2, -0.15) is 0 Å². The van der Waals surface area contributed by atoms with Gasteiger partial charge in [-0.25, -0.2) is 0 Å². The van der Waals surface area contributed by atoms with Crippen molar-refractivity contribution in [3.05, 3.63) is 12.7 Å². The van der Waals surface area contributed by atoms with Crippen molar-refractivity contribution < 1.29 is 26.7 Å². The van der Waals surface area contributed by atoms with E-state index in [4.69, 9.17) is 14.2 Å². The summed E-state index contributed by atoms with van der Waals surface area (Å²) in [6.07, 6.45) is 1.65. The van der Waals surface area contributed by atoms with Crippen molar-refractivity contribution in [3.63, 3.8) is 0 Å². The van der Waals surface area contributed by atoms with Crippen LogP contribution in [0.25, 0.3) is 0 Å². The van der Waals surface area contributed by atoms with Gasteiger partial charge >= 0.3 is 69.6 Å². The zero-order valence-corrected chi connectivity index (χ0v) is 8.86. The van der Waals surface area contributed by atoms with Crippen LogP contribution in [-0.4, -0.2) is 21.3 Å². The summed E-state index contributed by atoms with van der Waals surface area (Å²) in [5.41, 5.74) is 0. The summed E-state index contributed by atoms with van der Waals surface area (Å²) < 4.78 is 21.7. The average molecular weight is 198 g/mol. The fraction of sp³-hybridized carbons (Fsp3) is 0.667. The van der Waals surface area contributed by atoms with Gasteiger partial charge in [0, 0.05) is 0 Å². The van der Waals surface area contributed by atoms with Crippen LogP contribution in [0.15, 0.2) is 12.7 Å². The van der Waals surface area contributed by atoms with E-state index in [0.29, 0.717) is 4.73 Å². The van der Waals surface area contributed by atoms with Crippen molar-refractivity contribution in [3.8, 4) is 0 Å². The summed E-state index contributed by atoms with van der Waals surface area (Å²) in [5.74, 6) is 0. The molecule has 2 N–H and O–H groups in total. The van der Waals surface area contributed by atoms with Crippen LogP contribution in [-0.2, 0) is 26.7 Å². The van der Waals surface area contributed by atoms with Crippen LogP contribution in [0.2, 0.25) is 4.73 Å². The van der Waals surface area contributed by atoms with Crippen LogP contribution in [0.5, 0.6) is 0 Å². The van der Waals surface area contributed by atoms with Gasteiger partial charge in [-0.1, -0.05) is 0 Å². The first-order valence-corrected chi connectivity index (χ1v) is 7.21. The Morgan fingerprint density at radius 2 is 1.64 bits per heavy atom. The van der Waals surface area contributed by atoms with Gasteiger partial charge in [0.2, 0.25) is 0 Å². The van der Waals surface area contributed by atoms with Crippen LogP contribution >= 0.6 is 0 Å². The zero-order chi connectivity index (χ0) is 8.98. The summed E-state index contributed by atoms with van der Waals surface area (Å²) in [5, 5.41) is 0. The van der Waals surface area contributed by atoms with E-state index in [1.165, 1.54) is 21.3 Å². The van der Waals surface area contributed by atoms with Crippen LogP contribution in [0.4, 0.5) is 0 Å². The predicted molar refractivity (Wildman–Crippen MR) is 40.2 cm³/mol. The van der Waals surface area contributed by atoms with Crippen molar-refractivity contribution in [2.75, 3.05) is 21.3 Å². The fourth-order valence-electron chi connectivity index (χ4n) is 0.760. The van der Waals surface area contributed by atoms with Gasteiger partial charge in [-0.05, 0) is 0 Å². The molecule has 0 saturated heterocycles. The molecule has 0 aliphatic heterocycles. The molecule has 0 rings (SSSR count).